The Balaban J connectivity index is 1.48. The van der Waals surface area contributed by atoms with Gasteiger partial charge in [0.1, 0.15) is 0 Å². The number of non-ortho nitro benzene ring substituents is 2. The fourth-order valence-electron chi connectivity index (χ4n) is 2.62. The smallest absolute Gasteiger partial charge is 0.270 e. The molecule has 0 aromatic heterocycles. The summed E-state index contributed by atoms with van der Waals surface area (Å²) >= 11 is 0. The lowest BCUT2D eigenvalue weighted by molar-refractivity contribution is -0.385. The van der Waals surface area contributed by atoms with Crippen molar-refractivity contribution in [1.82, 2.24) is 5.64 Å². The van der Waals surface area contributed by atoms with Crippen molar-refractivity contribution >= 4 is 23.8 Å². The average Bonchev–Trinajstić information content (AvgIpc) is 3.67. The first-order chi connectivity index (χ1) is 15.0. The SMILES string of the molecule is O=[N+]([O-])c1ccc(ONOc2ccc([N+](=O)[O-])cc2/C=N/C2CC2)c(/C=N/C2CC2)c1. The maximum absolute atomic E-state index is 11.1. The predicted octanol–water partition coefficient (Wildman–Crippen LogP) is 3.54. The third kappa shape index (κ3) is 5.60. The van der Waals surface area contributed by atoms with Crippen molar-refractivity contribution in [2.75, 3.05) is 0 Å². The molecule has 0 saturated heterocycles. The van der Waals surface area contributed by atoms with Gasteiger partial charge in [0.05, 0.1) is 21.9 Å². The zero-order valence-electron chi connectivity index (χ0n) is 16.3. The molecule has 4 rings (SSSR count). The van der Waals surface area contributed by atoms with Crippen molar-refractivity contribution in [3.8, 4) is 11.5 Å². The van der Waals surface area contributed by atoms with Gasteiger partial charge in [-0.05, 0) is 37.8 Å². The standard InChI is InChI=1S/C20H19N5O6/c26-24(27)17-5-7-19(13(9-17)11-21-15-1-2-15)30-23-31-20-8-6-18(25(28)29)10-14(20)12-22-16-3-4-16/h5-12,15-16,23H,1-4H2/b21-11+,22-12+. The number of nitro groups is 2. The van der Waals surface area contributed by atoms with Gasteiger partial charge in [0.2, 0.25) is 0 Å². The fourth-order valence-corrected chi connectivity index (χ4v) is 2.62. The lowest BCUT2D eigenvalue weighted by atomic mass is 10.2. The molecule has 2 aliphatic rings. The van der Waals surface area contributed by atoms with E-state index in [-0.39, 0.29) is 35.0 Å². The highest BCUT2D eigenvalue weighted by Gasteiger charge is 2.21. The molecule has 0 amide bonds. The highest BCUT2D eigenvalue weighted by atomic mass is 16.9. The number of hydrogen-bond donors (Lipinski definition) is 1. The number of nitrogens with zero attached hydrogens (tertiary/aromatic N) is 4. The predicted molar refractivity (Wildman–Crippen MR) is 112 cm³/mol. The van der Waals surface area contributed by atoms with Crippen LogP contribution in [-0.4, -0.2) is 34.4 Å². The number of hydrogen-bond acceptors (Lipinski definition) is 9. The summed E-state index contributed by atoms with van der Waals surface area (Å²) in [7, 11) is 0. The molecular formula is C20H19N5O6. The van der Waals surface area contributed by atoms with Crippen molar-refractivity contribution < 1.29 is 19.5 Å². The molecule has 2 aliphatic carbocycles. The first kappa shape index (κ1) is 20.4. The molecule has 11 nitrogen and oxygen atoms in total. The molecule has 0 spiro atoms. The summed E-state index contributed by atoms with van der Waals surface area (Å²) in [5.41, 5.74) is 3.03. The first-order valence-electron chi connectivity index (χ1n) is 9.71. The van der Waals surface area contributed by atoms with E-state index in [2.05, 4.69) is 15.6 Å². The summed E-state index contributed by atoms with van der Waals surface area (Å²) in [6.07, 6.45) is 7.06. The monoisotopic (exact) mass is 425 g/mol. The zero-order valence-corrected chi connectivity index (χ0v) is 16.3. The Morgan fingerprint density at radius 2 is 1.23 bits per heavy atom. The molecule has 160 valence electrons. The molecule has 31 heavy (non-hydrogen) atoms. The largest absolute Gasteiger partial charge is 0.373 e. The second kappa shape index (κ2) is 8.88. The minimum absolute atomic E-state index is 0.0838. The Kier molecular flexibility index (Phi) is 5.85. The highest BCUT2D eigenvalue weighted by molar-refractivity contribution is 5.85. The van der Waals surface area contributed by atoms with Gasteiger partial charge in [-0.25, -0.2) is 0 Å². The molecule has 0 unspecified atom stereocenters. The second-order valence-electron chi connectivity index (χ2n) is 7.26. The Morgan fingerprint density at radius 1 is 0.806 bits per heavy atom. The van der Waals surface area contributed by atoms with Gasteiger partial charge in [0.15, 0.2) is 11.5 Å². The molecule has 0 radical (unpaired) electrons. The quantitative estimate of drug-likeness (QED) is 0.348. The molecule has 2 aromatic rings. The molecule has 1 N–H and O–H groups in total. The van der Waals surface area contributed by atoms with Gasteiger partial charge in [-0.2, -0.15) is 0 Å². The van der Waals surface area contributed by atoms with Crippen LogP contribution in [0.1, 0.15) is 36.8 Å². The van der Waals surface area contributed by atoms with E-state index in [9.17, 15) is 20.2 Å². The van der Waals surface area contributed by atoms with Crippen LogP contribution >= 0.6 is 0 Å². The second-order valence-corrected chi connectivity index (χ2v) is 7.26. The average molecular weight is 425 g/mol. The van der Waals surface area contributed by atoms with Crippen LogP contribution in [0.2, 0.25) is 0 Å². The van der Waals surface area contributed by atoms with Crippen LogP contribution in [0.25, 0.3) is 0 Å². The van der Waals surface area contributed by atoms with E-state index in [0.29, 0.717) is 11.1 Å². The summed E-state index contributed by atoms with van der Waals surface area (Å²) in [6.45, 7) is 0. The molecule has 2 fully saturated rings. The molecule has 0 bridgehead atoms. The van der Waals surface area contributed by atoms with E-state index in [1.54, 1.807) is 12.4 Å². The van der Waals surface area contributed by atoms with Crippen LogP contribution in [0.5, 0.6) is 11.5 Å². The van der Waals surface area contributed by atoms with Crippen molar-refractivity contribution in [3.05, 3.63) is 67.8 Å². The number of aliphatic imine (C=N–C) groups is 2. The lowest BCUT2D eigenvalue weighted by Crippen LogP contribution is -2.24. The van der Waals surface area contributed by atoms with Gasteiger partial charge >= 0.3 is 0 Å². The molecule has 0 atom stereocenters. The third-order valence-corrected chi connectivity index (χ3v) is 4.65. The van der Waals surface area contributed by atoms with E-state index in [1.165, 1.54) is 36.4 Å². The van der Waals surface area contributed by atoms with Crippen LogP contribution in [0.4, 0.5) is 11.4 Å². The zero-order chi connectivity index (χ0) is 21.8. The molecular weight excluding hydrogens is 406 g/mol. The maximum atomic E-state index is 11.1. The van der Waals surface area contributed by atoms with Gasteiger partial charge < -0.3 is 9.68 Å². The summed E-state index contributed by atoms with van der Waals surface area (Å²) in [6, 6.07) is 8.71. The normalized spacial score (nSPS) is 16.0. The molecule has 2 aromatic carbocycles. The van der Waals surface area contributed by atoms with Crippen LogP contribution in [-0.2, 0) is 0 Å². The van der Waals surface area contributed by atoms with Crippen molar-refractivity contribution in [1.29, 1.82) is 0 Å². The van der Waals surface area contributed by atoms with Gasteiger partial charge in [-0.1, -0.05) is 0 Å². The topological polar surface area (TPSA) is 141 Å². The number of rotatable bonds is 10. The Bertz CT molecular complexity index is 979. The lowest BCUT2D eigenvalue weighted by Gasteiger charge is -2.11. The molecule has 11 heteroatoms. The van der Waals surface area contributed by atoms with Gasteiger partial charge in [0, 0.05) is 53.5 Å². The number of benzene rings is 2. The summed E-state index contributed by atoms with van der Waals surface area (Å²) in [5.74, 6) is 0.565. The minimum Gasteiger partial charge on any atom is -0.373 e. The fraction of sp³-hybridized carbons (Fsp3) is 0.300. The van der Waals surface area contributed by atoms with Gasteiger partial charge in [-0.3, -0.25) is 30.2 Å². The number of nitro benzene ring substituents is 2. The molecule has 2 saturated carbocycles. The minimum atomic E-state index is -0.496. The van der Waals surface area contributed by atoms with E-state index in [4.69, 9.17) is 9.68 Å². The summed E-state index contributed by atoms with van der Waals surface area (Å²) in [4.78, 5) is 40.7. The first-order valence-corrected chi connectivity index (χ1v) is 9.71. The van der Waals surface area contributed by atoms with Crippen molar-refractivity contribution in [2.45, 2.75) is 37.8 Å². The molecule has 0 heterocycles. The third-order valence-electron chi connectivity index (χ3n) is 4.65. The Morgan fingerprint density at radius 3 is 1.58 bits per heavy atom. The number of nitrogens with one attached hydrogen (secondary N) is 1. The molecule has 0 aliphatic heterocycles. The summed E-state index contributed by atoms with van der Waals surface area (Å²) in [5, 5.41) is 22.1. The Hall–Kier alpha value is -3.86. The highest BCUT2D eigenvalue weighted by Crippen LogP contribution is 2.28. The Labute approximate surface area is 176 Å². The van der Waals surface area contributed by atoms with E-state index in [0.717, 1.165) is 25.7 Å². The van der Waals surface area contributed by atoms with Crippen LogP contribution in [0.15, 0.2) is 46.4 Å². The van der Waals surface area contributed by atoms with E-state index in [1.807, 2.05) is 0 Å². The van der Waals surface area contributed by atoms with Crippen molar-refractivity contribution in [2.24, 2.45) is 9.98 Å². The maximum Gasteiger partial charge on any atom is 0.270 e. The van der Waals surface area contributed by atoms with Crippen molar-refractivity contribution in [3.63, 3.8) is 0 Å². The van der Waals surface area contributed by atoms with Gasteiger partial charge in [-0.15, -0.1) is 0 Å². The van der Waals surface area contributed by atoms with E-state index < -0.39 is 9.85 Å². The van der Waals surface area contributed by atoms with Gasteiger partial charge in [0.25, 0.3) is 11.4 Å². The van der Waals surface area contributed by atoms with Crippen LogP contribution in [0, 0.1) is 20.2 Å². The van der Waals surface area contributed by atoms with E-state index >= 15 is 0 Å². The van der Waals surface area contributed by atoms with Crippen LogP contribution < -0.4 is 15.3 Å². The van der Waals surface area contributed by atoms with Crippen LogP contribution in [0.3, 0.4) is 0 Å². The summed E-state index contributed by atoms with van der Waals surface area (Å²) < 4.78 is 0.